The minimum absolute atomic E-state index is 0.0864. The predicted octanol–water partition coefficient (Wildman–Crippen LogP) is 1.53. The second kappa shape index (κ2) is 5.27. The Labute approximate surface area is 107 Å². The highest BCUT2D eigenvalue weighted by Crippen LogP contribution is 2.13. The summed E-state index contributed by atoms with van der Waals surface area (Å²) in [7, 11) is 0. The summed E-state index contributed by atoms with van der Waals surface area (Å²) in [4.78, 5) is 10.7. The van der Waals surface area contributed by atoms with Gasteiger partial charge in [-0.2, -0.15) is 0 Å². The summed E-state index contributed by atoms with van der Waals surface area (Å²) in [5.41, 5.74) is 0. The van der Waals surface area contributed by atoms with Crippen LogP contribution in [0.1, 0.15) is 0 Å². The molecule has 1 aromatic heterocycles. The van der Waals surface area contributed by atoms with Crippen molar-refractivity contribution in [3.63, 3.8) is 0 Å². The summed E-state index contributed by atoms with van der Waals surface area (Å²) in [6.45, 7) is 2.28. The largest absolute Gasteiger partial charge is 0.373 e. The van der Waals surface area contributed by atoms with Crippen LogP contribution in [0.4, 0.5) is 5.95 Å². The van der Waals surface area contributed by atoms with Gasteiger partial charge in [-0.15, -0.1) is 11.6 Å². The summed E-state index contributed by atoms with van der Waals surface area (Å²) in [6, 6.07) is 0. The van der Waals surface area contributed by atoms with Gasteiger partial charge in [0.05, 0.1) is 18.6 Å². The number of alkyl halides is 1. The molecule has 1 unspecified atom stereocenters. The molecule has 0 amide bonds. The standard InChI is InChI=1S/C9H11ClIN3O/c10-3-8-6-14(1-2-15-8)9-12-4-7(11)5-13-9/h4-5,8H,1-3,6H2. The fourth-order valence-corrected chi connectivity index (χ4v) is 1.93. The van der Waals surface area contributed by atoms with E-state index in [4.69, 9.17) is 16.3 Å². The SMILES string of the molecule is ClCC1CN(c2ncc(I)cn2)CCO1. The van der Waals surface area contributed by atoms with Gasteiger partial charge < -0.3 is 9.64 Å². The van der Waals surface area contributed by atoms with Gasteiger partial charge in [-0.3, -0.25) is 0 Å². The first-order valence-corrected chi connectivity index (χ1v) is 6.31. The fourth-order valence-electron chi connectivity index (χ4n) is 1.46. The smallest absolute Gasteiger partial charge is 0.225 e. The fraction of sp³-hybridized carbons (Fsp3) is 0.556. The highest BCUT2D eigenvalue weighted by molar-refractivity contribution is 14.1. The quantitative estimate of drug-likeness (QED) is 0.605. The van der Waals surface area contributed by atoms with Crippen LogP contribution in [-0.4, -0.2) is 41.6 Å². The summed E-state index contributed by atoms with van der Waals surface area (Å²) < 4.78 is 6.51. The molecule has 1 aliphatic rings. The Balaban J connectivity index is 2.06. The van der Waals surface area contributed by atoms with E-state index < -0.39 is 0 Å². The molecule has 0 bridgehead atoms. The van der Waals surface area contributed by atoms with Crippen molar-refractivity contribution in [1.29, 1.82) is 0 Å². The Bertz CT molecular complexity index is 322. The third kappa shape index (κ3) is 2.92. The number of anilines is 1. The molecule has 4 nitrogen and oxygen atoms in total. The third-order valence-corrected chi connectivity index (χ3v) is 3.10. The van der Waals surface area contributed by atoms with Crippen LogP contribution in [0, 0.1) is 3.57 Å². The van der Waals surface area contributed by atoms with Crippen molar-refractivity contribution in [1.82, 2.24) is 9.97 Å². The van der Waals surface area contributed by atoms with Crippen LogP contribution < -0.4 is 4.90 Å². The summed E-state index contributed by atoms with van der Waals surface area (Å²) in [6.07, 6.45) is 3.71. The van der Waals surface area contributed by atoms with Crippen LogP contribution in [0.15, 0.2) is 12.4 Å². The molecule has 1 aliphatic heterocycles. The van der Waals surface area contributed by atoms with Gasteiger partial charge in [0, 0.05) is 29.1 Å². The Kier molecular flexibility index (Phi) is 3.99. The maximum Gasteiger partial charge on any atom is 0.225 e. The van der Waals surface area contributed by atoms with Gasteiger partial charge >= 0.3 is 0 Å². The average molecular weight is 340 g/mol. The zero-order valence-corrected chi connectivity index (χ0v) is 11.0. The van der Waals surface area contributed by atoms with E-state index in [0.717, 1.165) is 22.6 Å². The maximum atomic E-state index is 5.76. The molecule has 0 aromatic carbocycles. The summed E-state index contributed by atoms with van der Waals surface area (Å²) in [5.74, 6) is 1.27. The number of hydrogen-bond donors (Lipinski definition) is 0. The first-order valence-electron chi connectivity index (χ1n) is 4.69. The second-order valence-electron chi connectivity index (χ2n) is 3.29. The Morgan fingerprint density at radius 2 is 2.27 bits per heavy atom. The highest BCUT2D eigenvalue weighted by atomic mass is 127. The van der Waals surface area contributed by atoms with Crippen molar-refractivity contribution < 1.29 is 4.74 Å². The molecular weight excluding hydrogens is 328 g/mol. The Morgan fingerprint density at radius 1 is 1.53 bits per heavy atom. The van der Waals surface area contributed by atoms with Crippen LogP contribution in [-0.2, 0) is 4.74 Å². The van der Waals surface area contributed by atoms with E-state index in [1.165, 1.54) is 0 Å². The van der Waals surface area contributed by atoms with Crippen molar-refractivity contribution in [2.75, 3.05) is 30.5 Å². The van der Waals surface area contributed by atoms with Crippen LogP contribution in [0.2, 0.25) is 0 Å². The maximum absolute atomic E-state index is 5.76. The second-order valence-corrected chi connectivity index (χ2v) is 4.85. The number of nitrogens with zero attached hydrogens (tertiary/aromatic N) is 3. The van der Waals surface area contributed by atoms with Crippen LogP contribution >= 0.6 is 34.2 Å². The van der Waals surface area contributed by atoms with E-state index in [0.29, 0.717) is 12.5 Å². The van der Waals surface area contributed by atoms with Gasteiger partial charge in [-0.25, -0.2) is 9.97 Å². The van der Waals surface area contributed by atoms with E-state index in [1.54, 1.807) is 0 Å². The van der Waals surface area contributed by atoms with Gasteiger partial charge in [0.2, 0.25) is 5.95 Å². The molecule has 1 fully saturated rings. The molecule has 0 spiro atoms. The molecule has 0 saturated carbocycles. The number of hydrogen-bond acceptors (Lipinski definition) is 4. The number of ether oxygens (including phenoxy) is 1. The molecule has 2 heterocycles. The van der Waals surface area contributed by atoms with E-state index in [2.05, 4.69) is 37.5 Å². The third-order valence-electron chi connectivity index (χ3n) is 2.20. The Hall–Kier alpha value is -0.140. The van der Waals surface area contributed by atoms with Crippen LogP contribution in [0.5, 0.6) is 0 Å². The van der Waals surface area contributed by atoms with Crippen molar-refractivity contribution in [3.8, 4) is 0 Å². The molecule has 82 valence electrons. The molecular formula is C9H11ClIN3O. The zero-order chi connectivity index (χ0) is 10.7. The van der Waals surface area contributed by atoms with E-state index >= 15 is 0 Å². The minimum atomic E-state index is 0.0864. The monoisotopic (exact) mass is 339 g/mol. The molecule has 1 atom stereocenters. The number of halogens is 2. The number of rotatable bonds is 2. The van der Waals surface area contributed by atoms with Gasteiger partial charge in [-0.1, -0.05) is 0 Å². The van der Waals surface area contributed by atoms with Crippen molar-refractivity contribution in [2.45, 2.75) is 6.10 Å². The lowest BCUT2D eigenvalue weighted by Crippen LogP contribution is -2.44. The van der Waals surface area contributed by atoms with Gasteiger partial charge in [0.25, 0.3) is 0 Å². The molecule has 15 heavy (non-hydrogen) atoms. The first kappa shape index (κ1) is 11.3. The average Bonchev–Trinajstić information content (AvgIpc) is 2.30. The lowest BCUT2D eigenvalue weighted by molar-refractivity contribution is 0.0548. The molecule has 0 N–H and O–H groups in total. The van der Waals surface area contributed by atoms with E-state index in [-0.39, 0.29) is 6.10 Å². The molecule has 6 heteroatoms. The van der Waals surface area contributed by atoms with Crippen LogP contribution in [0.25, 0.3) is 0 Å². The lowest BCUT2D eigenvalue weighted by atomic mass is 10.3. The Morgan fingerprint density at radius 3 is 2.93 bits per heavy atom. The van der Waals surface area contributed by atoms with Crippen molar-refractivity contribution >= 4 is 40.1 Å². The van der Waals surface area contributed by atoms with Gasteiger partial charge in [0.15, 0.2) is 0 Å². The molecule has 1 saturated heterocycles. The number of morpholine rings is 1. The first-order chi connectivity index (χ1) is 7.29. The predicted molar refractivity (Wildman–Crippen MR) is 67.4 cm³/mol. The van der Waals surface area contributed by atoms with Crippen molar-refractivity contribution in [2.24, 2.45) is 0 Å². The van der Waals surface area contributed by atoms with E-state index in [9.17, 15) is 0 Å². The summed E-state index contributed by atoms with van der Waals surface area (Å²) in [5, 5.41) is 0. The van der Waals surface area contributed by atoms with Crippen molar-refractivity contribution in [3.05, 3.63) is 16.0 Å². The normalized spacial score (nSPS) is 21.7. The zero-order valence-electron chi connectivity index (χ0n) is 8.07. The van der Waals surface area contributed by atoms with Crippen LogP contribution in [0.3, 0.4) is 0 Å². The van der Waals surface area contributed by atoms with Gasteiger partial charge in [0.1, 0.15) is 0 Å². The van der Waals surface area contributed by atoms with Gasteiger partial charge in [-0.05, 0) is 22.6 Å². The highest BCUT2D eigenvalue weighted by Gasteiger charge is 2.21. The number of aromatic nitrogens is 2. The summed E-state index contributed by atoms with van der Waals surface area (Å²) >= 11 is 7.95. The van der Waals surface area contributed by atoms with E-state index in [1.807, 2.05) is 12.4 Å². The molecule has 0 radical (unpaired) electrons. The molecule has 1 aromatic rings. The molecule has 2 rings (SSSR count). The topological polar surface area (TPSA) is 38.2 Å². The lowest BCUT2D eigenvalue weighted by Gasteiger charge is -2.31. The molecule has 0 aliphatic carbocycles. The minimum Gasteiger partial charge on any atom is -0.373 e.